The molecule has 0 bridgehead atoms. The van der Waals surface area contributed by atoms with Gasteiger partial charge in [0.1, 0.15) is 11.5 Å². The van der Waals surface area contributed by atoms with Crippen molar-refractivity contribution >= 4 is 17.6 Å². The molecule has 27 heavy (non-hydrogen) atoms. The van der Waals surface area contributed by atoms with Gasteiger partial charge in [0.05, 0.1) is 11.6 Å². The highest BCUT2D eigenvalue weighted by Crippen LogP contribution is 2.24. The number of benzene rings is 3. The van der Waals surface area contributed by atoms with Gasteiger partial charge in [-0.15, -0.1) is 0 Å². The smallest absolute Gasteiger partial charge is 0.349 e. The highest BCUT2D eigenvalue weighted by atomic mass is 35.5. The van der Waals surface area contributed by atoms with Crippen LogP contribution in [0.4, 0.5) is 0 Å². The van der Waals surface area contributed by atoms with Gasteiger partial charge in [-0.3, -0.25) is 0 Å². The summed E-state index contributed by atoms with van der Waals surface area (Å²) in [6.45, 7) is 1.66. The van der Waals surface area contributed by atoms with E-state index >= 15 is 0 Å². The van der Waals surface area contributed by atoms with Gasteiger partial charge in [0.25, 0.3) is 0 Å². The predicted octanol–water partition coefficient (Wildman–Crippen LogP) is 5.17. The van der Waals surface area contributed by atoms with Crippen LogP contribution in [-0.4, -0.2) is 12.6 Å². The number of aryl methyl sites for hydroxylation is 1. The largest absolute Gasteiger partial charge is 0.482 e. The van der Waals surface area contributed by atoms with Crippen LogP contribution in [0.3, 0.4) is 0 Å². The van der Waals surface area contributed by atoms with Gasteiger partial charge >= 0.3 is 5.97 Å². The van der Waals surface area contributed by atoms with E-state index in [0.717, 1.165) is 16.7 Å². The van der Waals surface area contributed by atoms with Crippen molar-refractivity contribution in [2.75, 3.05) is 6.61 Å². The molecule has 0 amide bonds. The van der Waals surface area contributed by atoms with Gasteiger partial charge in [0.2, 0.25) is 0 Å². The molecule has 5 heteroatoms. The Morgan fingerprint density at radius 3 is 2.22 bits per heavy atom. The SMILES string of the molecule is Cc1cc(Cl)ccc1OCC(=O)Oc1ccc(-c2ccc(C#N)cc2)cc1. The molecule has 0 aliphatic carbocycles. The Bertz CT molecular complexity index is 990. The lowest BCUT2D eigenvalue weighted by molar-refractivity contribution is -0.136. The van der Waals surface area contributed by atoms with Crippen molar-refractivity contribution < 1.29 is 14.3 Å². The molecule has 0 aliphatic rings. The molecule has 0 atom stereocenters. The first kappa shape index (κ1) is 18.5. The summed E-state index contributed by atoms with van der Waals surface area (Å²) in [6.07, 6.45) is 0. The van der Waals surface area contributed by atoms with Gasteiger partial charge in [0.15, 0.2) is 6.61 Å². The van der Waals surface area contributed by atoms with Crippen LogP contribution in [0.1, 0.15) is 11.1 Å². The monoisotopic (exact) mass is 377 g/mol. The van der Waals surface area contributed by atoms with Crippen LogP contribution in [0.15, 0.2) is 66.7 Å². The molecule has 3 rings (SSSR count). The fourth-order valence-electron chi connectivity index (χ4n) is 2.52. The molecule has 0 N–H and O–H groups in total. The molecular weight excluding hydrogens is 362 g/mol. The molecule has 4 nitrogen and oxygen atoms in total. The second-order valence-corrected chi connectivity index (χ2v) is 6.32. The summed E-state index contributed by atoms with van der Waals surface area (Å²) in [6, 6.07) is 21.7. The fraction of sp³-hybridized carbons (Fsp3) is 0.0909. The van der Waals surface area contributed by atoms with Gasteiger partial charge in [-0.25, -0.2) is 4.79 Å². The van der Waals surface area contributed by atoms with E-state index in [1.54, 1.807) is 42.5 Å². The zero-order valence-corrected chi connectivity index (χ0v) is 15.4. The van der Waals surface area contributed by atoms with Gasteiger partial charge in [-0.2, -0.15) is 5.26 Å². The zero-order valence-electron chi connectivity index (χ0n) is 14.6. The number of carbonyl (C=O) groups is 1. The van der Waals surface area contributed by atoms with E-state index < -0.39 is 5.97 Å². The van der Waals surface area contributed by atoms with Crippen LogP contribution in [0, 0.1) is 18.3 Å². The van der Waals surface area contributed by atoms with Gasteiger partial charge in [-0.05, 0) is 66.1 Å². The minimum absolute atomic E-state index is 0.195. The van der Waals surface area contributed by atoms with Gasteiger partial charge in [0, 0.05) is 5.02 Å². The van der Waals surface area contributed by atoms with E-state index in [0.29, 0.717) is 22.1 Å². The third-order valence-electron chi connectivity index (χ3n) is 3.92. The van der Waals surface area contributed by atoms with Gasteiger partial charge < -0.3 is 9.47 Å². The lowest BCUT2D eigenvalue weighted by Gasteiger charge is -2.09. The average molecular weight is 378 g/mol. The molecule has 3 aromatic rings. The summed E-state index contributed by atoms with van der Waals surface area (Å²) >= 11 is 5.90. The summed E-state index contributed by atoms with van der Waals surface area (Å²) < 4.78 is 10.8. The predicted molar refractivity (Wildman–Crippen MR) is 104 cm³/mol. The number of rotatable bonds is 5. The number of nitriles is 1. The molecule has 0 aromatic heterocycles. The average Bonchev–Trinajstić information content (AvgIpc) is 2.68. The number of carbonyl (C=O) groups excluding carboxylic acids is 1. The first-order valence-corrected chi connectivity index (χ1v) is 8.63. The van der Waals surface area contributed by atoms with Crippen LogP contribution in [-0.2, 0) is 4.79 Å². The van der Waals surface area contributed by atoms with E-state index in [9.17, 15) is 4.79 Å². The quantitative estimate of drug-likeness (QED) is 0.454. The standard InChI is InChI=1S/C22H16ClNO3/c1-15-12-19(23)8-11-21(15)26-14-22(25)27-20-9-6-18(7-10-20)17-4-2-16(13-24)3-5-17/h2-12H,14H2,1H3. The number of esters is 1. The third kappa shape index (κ3) is 4.87. The molecule has 0 heterocycles. The normalized spacial score (nSPS) is 10.1. The van der Waals surface area contributed by atoms with Crippen LogP contribution in [0.25, 0.3) is 11.1 Å². The number of ether oxygens (including phenoxy) is 2. The summed E-state index contributed by atoms with van der Waals surface area (Å²) in [4.78, 5) is 12.0. The minimum Gasteiger partial charge on any atom is -0.482 e. The second kappa shape index (κ2) is 8.39. The van der Waals surface area contributed by atoms with E-state index in [1.165, 1.54) is 0 Å². The van der Waals surface area contributed by atoms with Crippen molar-refractivity contribution in [1.82, 2.24) is 0 Å². The van der Waals surface area contributed by atoms with Crippen molar-refractivity contribution in [2.45, 2.75) is 6.92 Å². The molecule has 134 valence electrons. The number of nitrogens with zero attached hydrogens (tertiary/aromatic N) is 1. The number of hydrogen-bond acceptors (Lipinski definition) is 4. The Kier molecular flexibility index (Phi) is 5.75. The van der Waals surface area contributed by atoms with E-state index in [4.69, 9.17) is 26.3 Å². The molecular formula is C22H16ClNO3. The van der Waals surface area contributed by atoms with Gasteiger partial charge in [-0.1, -0.05) is 35.9 Å². The molecule has 0 unspecified atom stereocenters. The summed E-state index contributed by atoms with van der Waals surface area (Å²) in [5.74, 6) is 0.539. The topological polar surface area (TPSA) is 59.3 Å². The molecule has 0 fully saturated rings. The van der Waals surface area contributed by atoms with Crippen molar-refractivity contribution in [3.05, 3.63) is 82.9 Å². The molecule has 3 aromatic carbocycles. The van der Waals surface area contributed by atoms with Crippen molar-refractivity contribution in [2.24, 2.45) is 0 Å². The van der Waals surface area contributed by atoms with Crippen LogP contribution < -0.4 is 9.47 Å². The van der Waals surface area contributed by atoms with Crippen molar-refractivity contribution in [3.63, 3.8) is 0 Å². The summed E-state index contributed by atoms with van der Waals surface area (Å²) in [5.41, 5.74) is 3.41. The Labute approximate surface area is 162 Å². The lowest BCUT2D eigenvalue weighted by atomic mass is 10.0. The number of halogens is 1. The highest BCUT2D eigenvalue weighted by Gasteiger charge is 2.08. The first-order valence-electron chi connectivity index (χ1n) is 8.25. The molecule has 0 radical (unpaired) electrons. The van der Waals surface area contributed by atoms with Crippen molar-refractivity contribution in [3.8, 4) is 28.7 Å². The number of hydrogen-bond donors (Lipinski definition) is 0. The molecule has 0 saturated heterocycles. The minimum atomic E-state index is -0.490. The Morgan fingerprint density at radius 2 is 1.63 bits per heavy atom. The molecule has 0 spiro atoms. The molecule has 0 aliphatic heterocycles. The molecule has 0 saturated carbocycles. The first-order chi connectivity index (χ1) is 13.0. The Balaban J connectivity index is 1.58. The summed E-state index contributed by atoms with van der Waals surface area (Å²) in [7, 11) is 0. The van der Waals surface area contributed by atoms with Crippen molar-refractivity contribution in [1.29, 1.82) is 5.26 Å². The van der Waals surface area contributed by atoms with Crippen LogP contribution in [0.5, 0.6) is 11.5 Å². The van der Waals surface area contributed by atoms with E-state index in [2.05, 4.69) is 6.07 Å². The van der Waals surface area contributed by atoms with E-state index in [1.807, 2.05) is 31.2 Å². The third-order valence-corrected chi connectivity index (χ3v) is 4.15. The van der Waals surface area contributed by atoms with Crippen LogP contribution >= 0.6 is 11.6 Å². The maximum absolute atomic E-state index is 12.0. The highest BCUT2D eigenvalue weighted by molar-refractivity contribution is 6.30. The fourth-order valence-corrected chi connectivity index (χ4v) is 2.75. The maximum atomic E-state index is 12.0. The van der Waals surface area contributed by atoms with Crippen LogP contribution in [0.2, 0.25) is 5.02 Å². The van der Waals surface area contributed by atoms with E-state index in [-0.39, 0.29) is 6.61 Å². The second-order valence-electron chi connectivity index (χ2n) is 5.89. The lowest BCUT2D eigenvalue weighted by Crippen LogP contribution is -2.17. The Hall–Kier alpha value is -3.29. The summed E-state index contributed by atoms with van der Waals surface area (Å²) in [5, 5.41) is 9.46. The maximum Gasteiger partial charge on any atom is 0.349 e. The zero-order chi connectivity index (χ0) is 19.2. The Morgan fingerprint density at radius 1 is 1.00 bits per heavy atom.